The number of aromatic hydroxyl groups is 1. The standard InChI is InChI=1S/C22H20O5/c1-25-21-13-16(11-12-18(21)23)17-9-6-10-20(22(17)26-2)27-14-19(24)15-7-4-3-5-8-15/h3-13,23H,14H2,1-2H3. The van der Waals surface area contributed by atoms with Crippen LogP contribution in [-0.4, -0.2) is 31.7 Å². The molecule has 5 nitrogen and oxygen atoms in total. The zero-order valence-corrected chi connectivity index (χ0v) is 15.1. The highest BCUT2D eigenvalue weighted by Crippen LogP contribution is 2.40. The molecule has 3 rings (SSSR count). The lowest BCUT2D eigenvalue weighted by atomic mass is 10.0. The van der Waals surface area contributed by atoms with Crippen molar-refractivity contribution in [3.8, 4) is 34.1 Å². The minimum Gasteiger partial charge on any atom is -0.504 e. The molecule has 0 amide bonds. The summed E-state index contributed by atoms with van der Waals surface area (Å²) < 4.78 is 16.4. The Hall–Kier alpha value is -3.47. The number of ether oxygens (including phenoxy) is 3. The molecule has 3 aromatic rings. The highest BCUT2D eigenvalue weighted by molar-refractivity contribution is 5.97. The Morgan fingerprint density at radius 1 is 0.889 bits per heavy atom. The van der Waals surface area contributed by atoms with Crippen LogP contribution in [0.1, 0.15) is 10.4 Å². The number of carbonyl (C=O) groups excluding carboxylic acids is 1. The van der Waals surface area contributed by atoms with Crippen LogP contribution in [0.25, 0.3) is 11.1 Å². The molecular formula is C22H20O5. The third kappa shape index (κ3) is 4.03. The summed E-state index contributed by atoms with van der Waals surface area (Å²) in [5.41, 5.74) is 2.15. The monoisotopic (exact) mass is 364 g/mol. The Morgan fingerprint density at radius 3 is 2.37 bits per heavy atom. The molecular weight excluding hydrogens is 344 g/mol. The maximum absolute atomic E-state index is 12.3. The largest absolute Gasteiger partial charge is 0.504 e. The highest BCUT2D eigenvalue weighted by Gasteiger charge is 2.15. The van der Waals surface area contributed by atoms with Gasteiger partial charge in [-0.25, -0.2) is 0 Å². The van der Waals surface area contributed by atoms with E-state index in [1.807, 2.05) is 30.3 Å². The lowest BCUT2D eigenvalue weighted by Gasteiger charge is -2.15. The van der Waals surface area contributed by atoms with Gasteiger partial charge in [0.1, 0.15) is 0 Å². The average molecular weight is 364 g/mol. The lowest BCUT2D eigenvalue weighted by molar-refractivity contribution is 0.0919. The Morgan fingerprint density at radius 2 is 1.67 bits per heavy atom. The molecule has 0 fully saturated rings. The number of phenols is 1. The molecule has 0 radical (unpaired) electrons. The van der Waals surface area contributed by atoms with Crippen molar-refractivity contribution in [2.75, 3.05) is 20.8 Å². The first-order valence-corrected chi connectivity index (χ1v) is 8.39. The van der Waals surface area contributed by atoms with E-state index < -0.39 is 0 Å². The molecule has 0 spiro atoms. The molecule has 0 aliphatic heterocycles. The molecule has 0 heterocycles. The molecule has 0 atom stereocenters. The first-order chi connectivity index (χ1) is 13.1. The molecule has 0 aliphatic rings. The molecule has 0 unspecified atom stereocenters. The maximum Gasteiger partial charge on any atom is 0.200 e. The predicted octanol–water partition coefficient (Wildman–Crippen LogP) is 4.34. The van der Waals surface area contributed by atoms with Gasteiger partial charge in [0.2, 0.25) is 0 Å². The van der Waals surface area contributed by atoms with Gasteiger partial charge < -0.3 is 19.3 Å². The molecule has 27 heavy (non-hydrogen) atoms. The molecule has 0 aromatic heterocycles. The van der Waals surface area contributed by atoms with E-state index in [-0.39, 0.29) is 18.1 Å². The summed E-state index contributed by atoms with van der Waals surface area (Å²) in [6.07, 6.45) is 0. The first-order valence-electron chi connectivity index (χ1n) is 8.39. The van der Waals surface area contributed by atoms with Gasteiger partial charge in [0, 0.05) is 11.1 Å². The van der Waals surface area contributed by atoms with Crippen LogP contribution in [-0.2, 0) is 0 Å². The van der Waals surface area contributed by atoms with Crippen LogP contribution < -0.4 is 14.2 Å². The smallest absolute Gasteiger partial charge is 0.200 e. The van der Waals surface area contributed by atoms with Crippen molar-refractivity contribution >= 4 is 5.78 Å². The number of hydrogen-bond acceptors (Lipinski definition) is 5. The number of Topliss-reactive ketones (excluding diaryl/α,β-unsaturated/α-hetero) is 1. The fourth-order valence-electron chi connectivity index (χ4n) is 2.76. The van der Waals surface area contributed by atoms with Gasteiger partial charge in [-0.3, -0.25) is 4.79 Å². The van der Waals surface area contributed by atoms with Crippen molar-refractivity contribution in [2.45, 2.75) is 0 Å². The highest BCUT2D eigenvalue weighted by atomic mass is 16.5. The minimum absolute atomic E-state index is 0.0566. The average Bonchev–Trinajstić information content (AvgIpc) is 2.72. The Labute approximate surface area is 157 Å². The van der Waals surface area contributed by atoms with Crippen molar-refractivity contribution < 1.29 is 24.1 Å². The number of carbonyl (C=O) groups is 1. The van der Waals surface area contributed by atoms with Crippen molar-refractivity contribution in [2.24, 2.45) is 0 Å². The van der Waals surface area contributed by atoms with E-state index in [1.165, 1.54) is 7.11 Å². The van der Waals surface area contributed by atoms with Crippen LogP contribution >= 0.6 is 0 Å². The lowest BCUT2D eigenvalue weighted by Crippen LogP contribution is -2.12. The number of benzene rings is 3. The van der Waals surface area contributed by atoms with Gasteiger partial charge in [-0.1, -0.05) is 48.5 Å². The van der Waals surface area contributed by atoms with Crippen LogP contribution in [0.5, 0.6) is 23.0 Å². The Bertz CT molecular complexity index is 935. The quantitative estimate of drug-likeness (QED) is 0.632. The van der Waals surface area contributed by atoms with Crippen molar-refractivity contribution in [3.05, 3.63) is 72.3 Å². The van der Waals surface area contributed by atoms with E-state index in [2.05, 4.69) is 0 Å². The van der Waals surface area contributed by atoms with Gasteiger partial charge in [0.25, 0.3) is 0 Å². The fourth-order valence-corrected chi connectivity index (χ4v) is 2.76. The SMILES string of the molecule is COc1cc(-c2cccc(OCC(=O)c3ccccc3)c2OC)ccc1O. The van der Waals surface area contributed by atoms with Crippen LogP contribution in [0.15, 0.2) is 66.7 Å². The topological polar surface area (TPSA) is 65.0 Å². The molecule has 0 aliphatic carbocycles. The second kappa shape index (κ2) is 8.27. The van der Waals surface area contributed by atoms with E-state index in [9.17, 15) is 9.90 Å². The number of hydrogen-bond donors (Lipinski definition) is 1. The van der Waals surface area contributed by atoms with Crippen molar-refractivity contribution in [1.29, 1.82) is 0 Å². The van der Waals surface area contributed by atoms with E-state index in [4.69, 9.17) is 14.2 Å². The number of phenolic OH excluding ortho intramolecular Hbond substituents is 1. The van der Waals surface area contributed by atoms with Gasteiger partial charge in [-0.15, -0.1) is 0 Å². The van der Waals surface area contributed by atoms with E-state index in [1.54, 1.807) is 43.5 Å². The summed E-state index contributed by atoms with van der Waals surface area (Å²) in [5.74, 6) is 1.27. The van der Waals surface area contributed by atoms with Crippen LogP contribution in [0.4, 0.5) is 0 Å². The number of para-hydroxylation sites is 1. The van der Waals surface area contributed by atoms with Gasteiger partial charge in [-0.05, 0) is 23.8 Å². The van der Waals surface area contributed by atoms with Gasteiger partial charge in [0.15, 0.2) is 35.4 Å². The van der Waals surface area contributed by atoms with Crippen molar-refractivity contribution in [3.63, 3.8) is 0 Å². The summed E-state index contributed by atoms with van der Waals surface area (Å²) >= 11 is 0. The Balaban J connectivity index is 1.87. The normalized spacial score (nSPS) is 10.3. The van der Waals surface area contributed by atoms with E-state index in [0.717, 1.165) is 11.1 Å². The molecule has 3 aromatic carbocycles. The van der Waals surface area contributed by atoms with Gasteiger partial charge in [0.05, 0.1) is 14.2 Å². The van der Waals surface area contributed by atoms with Crippen LogP contribution in [0, 0.1) is 0 Å². The zero-order valence-electron chi connectivity index (χ0n) is 15.1. The van der Waals surface area contributed by atoms with E-state index >= 15 is 0 Å². The Kier molecular flexibility index (Phi) is 5.61. The van der Waals surface area contributed by atoms with Crippen LogP contribution in [0.2, 0.25) is 0 Å². The van der Waals surface area contributed by atoms with E-state index in [0.29, 0.717) is 22.8 Å². The van der Waals surface area contributed by atoms with Gasteiger partial charge in [-0.2, -0.15) is 0 Å². The first kappa shape index (κ1) is 18.3. The minimum atomic E-state index is -0.116. The summed E-state index contributed by atoms with van der Waals surface area (Å²) in [6.45, 7) is -0.0945. The summed E-state index contributed by atoms with van der Waals surface area (Å²) in [4.78, 5) is 12.3. The zero-order chi connectivity index (χ0) is 19.2. The van der Waals surface area contributed by atoms with Crippen LogP contribution in [0.3, 0.4) is 0 Å². The third-order valence-electron chi connectivity index (χ3n) is 4.13. The fraction of sp³-hybridized carbons (Fsp3) is 0.136. The van der Waals surface area contributed by atoms with Gasteiger partial charge >= 0.3 is 0 Å². The molecule has 5 heteroatoms. The molecule has 0 saturated carbocycles. The maximum atomic E-state index is 12.3. The number of ketones is 1. The summed E-state index contributed by atoms with van der Waals surface area (Å²) in [7, 11) is 3.03. The van der Waals surface area contributed by atoms with Crippen molar-refractivity contribution in [1.82, 2.24) is 0 Å². The second-order valence-corrected chi connectivity index (χ2v) is 5.80. The summed E-state index contributed by atoms with van der Waals surface area (Å²) in [6, 6.07) is 19.5. The molecule has 0 saturated heterocycles. The molecule has 0 bridgehead atoms. The second-order valence-electron chi connectivity index (χ2n) is 5.80. The predicted molar refractivity (Wildman–Crippen MR) is 103 cm³/mol. The summed E-state index contributed by atoms with van der Waals surface area (Å²) in [5, 5.41) is 9.80. The molecule has 138 valence electrons. The number of methoxy groups -OCH3 is 2. The third-order valence-corrected chi connectivity index (χ3v) is 4.13. The number of rotatable bonds is 7. The molecule has 1 N–H and O–H groups in total.